The summed E-state index contributed by atoms with van der Waals surface area (Å²) in [6, 6.07) is 7.55. The van der Waals surface area contributed by atoms with Crippen molar-refractivity contribution in [1.29, 1.82) is 0 Å². The van der Waals surface area contributed by atoms with Crippen molar-refractivity contribution in [2.75, 3.05) is 0 Å². The first kappa shape index (κ1) is 12.1. The third kappa shape index (κ3) is 3.92. The van der Waals surface area contributed by atoms with Gasteiger partial charge >= 0.3 is 0 Å². The van der Waals surface area contributed by atoms with Crippen LogP contribution in [0.25, 0.3) is 0 Å². The summed E-state index contributed by atoms with van der Waals surface area (Å²) < 4.78 is 0. The van der Waals surface area contributed by atoms with Crippen molar-refractivity contribution in [3.63, 3.8) is 0 Å². The molecule has 0 saturated heterocycles. The third-order valence-corrected chi connectivity index (χ3v) is 2.79. The largest absolute Gasteiger partial charge is 0.508 e. The highest BCUT2D eigenvalue weighted by molar-refractivity contribution is 5.25. The molecule has 0 aliphatic heterocycles. The minimum atomic E-state index is 0.164. The monoisotopic (exact) mass is 207 g/mol. The van der Waals surface area contributed by atoms with Gasteiger partial charge in [0.15, 0.2) is 0 Å². The number of nitrogens with two attached hydrogens (primary N) is 1. The molecule has 0 aromatic heterocycles. The lowest BCUT2D eigenvalue weighted by Gasteiger charge is -2.26. The molecule has 0 heterocycles. The van der Waals surface area contributed by atoms with Gasteiger partial charge in [0.2, 0.25) is 0 Å². The SMILES string of the molecule is CC(C)(C)C(N)CCc1ccc(O)cc1. The fraction of sp³-hybridized carbons (Fsp3) is 0.538. The Bertz CT molecular complexity index is 297. The fourth-order valence-corrected chi connectivity index (χ4v) is 1.42. The van der Waals surface area contributed by atoms with Crippen LogP contribution in [0.15, 0.2) is 24.3 Å². The van der Waals surface area contributed by atoms with Crippen molar-refractivity contribution in [2.45, 2.75) is 39.7 Å². The molecule has 1 unspecified atom stereocenters. The number of hydrogen-bond acceptors (Lipinski definition) is 2. The van der Waals surface area contributed by atoms with E-state index in [1.807, 2.05) is 12.1 Å². The van der Waals surface area contributed by atoms with Crippen LogP contribution >= 0.6 is 0 Å². The normalized spacial score (nSPS) is 13.9. The molecule has 2 heteroatoms. The van der Waals surface area contributed by atoms with E-state index in [-0.39, 0.29) is 11.5 Å². The van der Waals surface area contributed by atoms with Gasteiger partial charge in [-0.05, 0) is 36.0 Å². The number of phenolic OH excluding ortho intramolecular Hbond substituents is 1. The van der Waals surface area contributed by atoms with Gasteiger partial charge in [-0.3, -0.25) is 0 Å². The van der Waals surface area contributed by atoms with Crippen LogP contribution < -0.4 is 5.73 Å². The van der Waals surface area contributed by atoms with Gasteiger partial charge < -0.3 is 10.8 Å². The predicted molar refractivity (Wildman–Crippen MR) is 63.9 cm³/mol. The molecule has 0 spiro atoms. The first-order valence-electron chi connectivity index (χ1n) is 5.43. The Kier molecular flexibility index (Phi) is 3.75. The van der Waals surface area contributed by atoms with Gasteiger partial charge in [0.05, 0.1) is 0 Å². The minimum absolute atomic E-state index is 0.164. The average Bonchev–Trinajstić information content (AvgIpc) is 2.15. The zero-order valence-electron chi connectivity index (χ0n) is 9.83. The summed E-state index contributed by atoms with van der Waals surface area (Å²) >= 11 is 0. The van der Waals surface area contributed by atoms with Crippen LogP contribution in [-0.2, 0) is 6.42 Å². The molecule has 15 heavy (non-hydrogen) atoms. The second-order valence-electron chi connectivity index (χ2n) is 5.18. The molecular weight excluding hydrogens is 186 g/mol. The van der Waals surface area contributed by atoms with E-state index < -0.39 is 0 Å². The lowest BCUT2D eigenvalue weighted by molar-refractivity contribution is 0.306. The van der Waals surface area contributed by atoms with E-state index >= 15 is 0 Å². The van der Waals surface area contributed by atoms with E-state index in [1.54, 1.807) is 12.1 Å². The maximum absolute atomic E-state index is 9.14. The van der Waals surface area contributed by atoms with Crippen LogP contribution in [-0.4, -0.2) is 11.1 Å². The molecule has 1 aromatic carbocycles. The van der Waals surface area contributed by atoms with Crippen molar-refractivity contribution in [3.8, 4) is 5.75 Å². The number of aromatic hydroxyl groups is 1. The zero-order chi connectivity index (χ0) is 11.5. The predicted octanol–water partition coefficient (Wildman–Crippen LogP) is 2.70. The van der Waals surface area contributed by atoms with Gasteiger partial charge in [0.1, 0.15) is 5.75 Å². The van der Waals surface area contributed by atoms with E-state index in [0.717, 1.165) is 12.8 Å². The maximum atomic E-state index is 9.14. The number of hydrogen-bond donors (Lipinski definition) is 2. The number of aryl methyl sites for hydroxylation is 1. The van der Waals surface area contributed by atoms with Crippen LogP contribution in [0.1, 0.15) is 32.8 Å². The molecular formula is C13H21NO. The maximum Gasteiger partial charge on any atom is 0.115 e. The molecule has 1 aromatic rings. The second-order valence-corrected chi connectivity index (χ2v) is 5.18. The molecule has 0 fully saturated rings. The minimum Gasteiger partial charge on any atom is -0.508 e. The molecule has 2 nitrogen and oxygen atoms in total. The van der Waals surface area contributed by atoms with Crippen molar-refractivity contribution in [2.24, 2.45) is 11.1 Å². The molecule has 1 rings (SSSR count). The summed E-state index contributed by atoms with van der Waals surface area (Å²) in [4.78, 5) is 0. The summed E-state index contributed by atoms with van der Waals surface area (Å²) in [6.45, 7) is 6.48. The number of phenols is 1. The topological polar surface area (TPSA) is 46.2 Å². The Morgan fingerprint density at radius 3 is 2.20 bits per heavy atom. The molecule has 1 atom stereocenters. The lowest BCUT2D eigenvalue weighted by Crippen LogP contribution is -2.35. The smallest absolute Gasteiger partial charge is 0.115 e. The van der Waals surface area contributed by atoms with Crippen LogP contribution in [0.5, 0.6) is 5.75 Å². The van der Waals surface area contributed by atoms with Crippen molar-refractivity contribution < 1.29 is 5.11 Å². The highest BCUT2D eigenvalue weighted by atomic mass is 16.3. The summed E-state index contributed by atoms with van der Waals surface area (Å²) in [7, 11) is 0. The first-order chi connectivity index (χ1) is 6.89. The van der Waals surface area contributed by atoms with Gasteiger partial charge in [-0.15, -0.1) is 0 Å². The van der Waals surface area contributed by atoms with Crippen LogP contribution in [0, 0.1) is 5.41 Å². The molecule has 0 saturated carbocycles. The average molecular weight is 207 g/mol. The Labute approximate surface area is 92.1 Å². The molecule has 0 bridgehead atoms. The van der Waals surface area contributed by atoms with Crippen LogP contribution in [0.3, 0.4) is 0 Å². The molecule has 0 radical (unpaired) electrons. The highest BCUT2D eigenvalue weighted by Crippen LogP contribution is 2.21. The Morgan fingerprint density at radius 2 is 1.73 bits per heavy atom. The first-order valence-corrected chi connectivity index (χ1v) is 5.43. The van der Waals surface area contributed by atoms with Gasteiger partial charge in [0, 0.05) is 6.04 Å². The van der Waals surface area contributed by atoms with Crippen molar-refractivity contribution >= 4 is 0 Å². The van der Waals surface area contributed by atoms with Gasteiger partial charge in [-0.1, -0.05) is 32.9 Å². The van der Waals surface area contributed by atoms with E-state index in [2.05, 4.69) is 20.8 Å². The molecule has 0 aliphatic rings. The zero-order valence-corrected chi connectivity index (χ0v) is 9.83. The Balaban J connectivity index is 2.47. The quantitative estimate of drug-likeness (QED) is 0.800. The highest BCUT2D eigenvalue weighted by Gasteiger charge is 2.19. The molecule has 0 amide bonds. The number of rotatable bonds is 3. The fourth-order valence-electron chi connectivity index (χ4n) is 1.42. The summed E-state index contributed by atoms with van der Waals surface area (Å²) in [5.74, 6) is 0.318. The van der Waals surface area contributed by atoms with Crippen molar-refractivity contribution in [3.05, 3.63) is 29.8 Å². The summed E-state index contributed by atoms with van der Waals surface area (Å²) in [5.41, 5.74) is 7.47. The molecule has 3 N–H and O–H groups in total. The van der Waals surface area contributed by atoms with Crippen molar-refractivity contribution in [1.82, 2.24) is 0 Å². The lowest BCUT2D eigenvalue weighted by atomic mass is 9.84. The van der Waals surface area contributed by atoms with Crippen LogP contribution in [0.4, 0.5) is 0 Å². The van der Waals surface area contributed by atoms with E-state index in [0.29, 0.717) is 5.75 Å². The second kappa shape index (κ2) is 4.67. The van der Waals surface area contributed by atoms with Gasteiger partial charge in [-0.25, -0.2) is 0 Å². The molecule has 84 valence electrons. The van der Waals surface area contributed by atoms with Crippen LogP contribution in [0.2, 0.25) is 0 Å². The third-order valence-electron chi connectivity index (χ3n) is 2.79. The Morgan fingerprint density at radius 1 is 1.20 bits per heavy atom. The summed E-state index contributed by atoms with van der Waals surface area (Å²) in [6.07, 6.45) is 1.95. The molecule has 0 aliphatic carbocycles. The Hall–Kier alpha value is -1.02. The van der Waals surface area contributed by atoms with Gasteiger partial charge in [-0.2, -0.15) is 0 Å². The van der Waals surface area contributed by atoms with E-state index in [4.69, 9.17) is 10.8 Å². The number of benzene rings is 1. The standard InChI is InChI=1S/C13H21NO/c1-13(2,3)12(14)9-6-10-4-7-11(15)8-5-10/h4-5,7-8,12,15H,6,9,14H2,1-3H3. The summed E-state index contributed by atoms with van der Waals surface area (Å²) in [5, 5.41) is 9.14. The van der Waals surface area contributed by atoms with E-state index in [1.165, 1.54) is 5.56 Å². The van der Waals surface area contributed by atoms with Gasteiger partial charge in [0.25, 0.3) is 0 Å². The van der Waals surface area contributed by atoms with E-state index in [9.17, 15) is 0 Å².